The Balaban J connectivity index is 2.96. The maximum Gasteiger partial charge on any atom is 0.235 e. The Kier molecular flexibility index (Phi) is 5.48. The zero-order valence-corrected chi connectivity index (χ0v) is 11.4. The summed E-state index contributed by atoms with van der Waals surface area (Å²) in [5.41, 5.74) is 0.773. The number of rotatable bonds is 7. The molecule has 3 nitrogen and oxygen atoms in total. The molecule has 0 unspecified atom stereocenters. The number of hydrogen-bond donors (Lipinski definition) is 0. The molecule has 0 aromatic heterocycles. The van der Waals surface area contributed by atoms with E-state index in [1.54, 1.807) is 4.31 Å². The Bertz CT molecular complexity index is 414. The van der Waals surface area contributed by atoms with Gasteiger partial charge < -0.3 is 0 Å². The van der Waals surface area contributed by atoms with Crippen LogP contribution < -0.4 is 4.31 Å². The highest BCUT2D eigenvalue weighted by Gasteiger charge is 2.20. The molecule has 0 saturated heterocycles. The van der Waals surface area contributed by atoms with E-state index in [2.05, 4.69) is 6.92 Å². The molecule has 0 N–H and O–H groups in total. The predicted molar refractivity (Wildman–Crippen MR) is 72.8 cm³/mol. The molecule has 96 valence electrons. The summed E-state index contributed by atoms with van der Waals surface area (Å²) in [6.07, 6.45) is 2.53. The normalized spacial score (nSPS) is 11.4. The van der Waals surface area contributed by atoms with Crippen molar-refractivity contribution >= 4 is 15.7 Å². The summed E-state index contributed by atoms with van der Waals surface area (Å²) in [5, 5.41) is 0. The topological polar surface area (TPSA) is 37.4 Å². The smallest absolute Gasteiger partial charge is 0.235 e. The Morgan fingerprint density at radius 1 is 1.06 bits per heavy atom. The van der Waals surface area contributed by atoms with E-state index in [1.807, 2.05) is 37.3 Å². The molecule has 1 aromatic rings. The Labute approximate surface area is 105 Å². The monoisotopic (exact) mass is 255 g/mol. The highest BCUT2D eigenvalue weighted by molar-refractivity contribution is 7.92. The molecule has 0 saturated carbocycles. The second-order valence-corrected chi connectivity index (χ2v) is 6.09. The van der Waals surface area contributed by atoms with E-state index in [-0.39, 0.29) is 5.75 Å². The minimum atomic E-state index is -3.16. The molecule has 0 radical (unpaired) electrons. The zero-order valence-electron chi connectivity index (χ0n) is 10.6. The van der Waals surface area contributed by atoms with Crippen LogP contribution in [-0.4, -0.2) is 20.7 Å². The van der Waals surface area contributed by atoms with Gasteiger partial charge in [-0.1, -0.05) is 38.5 Å². The SMILES string of the molecule is CCCCN(c1ccccc1)S(=O)(=O)CCC. The van der Waals surface area contributed by atoms with Crippen molar-refractivity contribution in [2.45, 2.75) is 33.1 Å². The van der Waals surface area contributed by atoms with Crippen LogP contribution >= 0.6 is 0 Å². The molecule has 0 atom stereocenters. The van der Waals surface area contributed by atoms with E-state index >= 15 is 0 Å². The number of para-hydroxylation sites is 1. The number of nitrogens with zero attached hydrogens (tertiary/aromatic N) is 1. The molecule has 17 heavy (non-hydrogen) atoms. The van der Waals surface area contributed by atoms with Crippen molar-refractivity contribution in [1.29, 1.82) is 0 Å². The van der Waals surface area contributed by atoms with Crippen molar-refractivity contribution in [3.8, 4) is 0 Å². The summed E-state index contributed by atoms with van der Waals surface area (Å²) in [5.74, 6) is 0.214. The van der Waals surface area contributed by atoms with Crippen molar-refractivity contribution in [2.75, 3.05) is 16.6 Å². The molecule has 0 amide bonds. The number of sulfonamides is 1. The molecule has 1 rings (SSSR count). The molecular weight excluding hydrogens is 234 g/mol. The van der Waals surface area contributed by atoms with Crippen LogP contribution in [0, 0.1) is 0 Å². The lowest BCUT2D eigenvalue weighted by molar-refractivity contribution is 0.587. The Morgan fingerprint density at radius 3 is 2.24 bits per heavy atom. The average Bonchev–Trinajstić information content (AvgIpc) is 2.30. The summed E-state index contributed by atoms with van der Waals surface area (Å²) >= 11 is 0. The first-order valence-corrected chi connectivity index (χ1v) is 7.78. The minimum Gasteiger partial charge on any atom is -0.270 e. The van der Waals surface area contributed by atoms with Gasteiger partial charge in [0.1, 0.15) is 0 Å². The van der Waals surface area contributed by atoms with Crippen LogP contribution in [0.5, 0.6) is 0 Å². The van der Waals surface area contributed by atoms with E-state index in [9.17, 15) is 8.42 Å². The number of unbranched alkanes of at least 4 members (excludes halogenated alkanes) is 1. The average molecular weight is 255 g/mol. The van der Waals surface area contributed by atoms with Crippen molar-refractivity contribution in [1.82, 2.24) is 0 Å². The van der Waals surface area contributed by atoms with Gasteiger partial charge in [-0.05, 0) is 25.0 Å². The van der Waals surface area contributed by atoms with Crippen molar-refractivity contribution < 1.29 is 8.42 Å². The summed E-state index contributed by atoms with van der Waals surface area (Å²) < 4.78 is 25.9. The third kappa shape index (κ3) is 4.04. The fraction of sp³-hybridized carbons (Fsp3) is 0.538. The number of hydrogen-bond acceptors (Lipinski definition) is 2. The number of benzene rings is 1. The highest BCUT2D eigenvalue weighted by Crippen LogP contribution is 2.19. The summed E-state index contributed by atoms with van der Waals surface area (Å²) in [7, 11) is -3.16. The van der Waals surface area contributed by atoms with Gasteiger partial charge in [-0.3, -0.25) is 4.31 Å². The van der Waals surface area contributed by atoms with Crippen molar-refractivity contribution in [3.63, 3.8) is 0 Å². The van der Waals surface area contributed by atoms with Crippen molar-refractivity contribution in [2.24, 2.45) is 0 Å². The summed E-state index contributed by atoms with van der Waals surface area (Å²) in [6, 6.07) is 9.34. The second-order valence-electron chi connectivity index (χ2n) is 4.08. The quantitative estimate of drug-likeness (QED) is 0.751. The van der Waals surface area contributed by atoms with E-state index in [4.69, 9.17) is 0 Å². The molecule has 0 heterocycles. The maximum absolute atomic E-state index is 12.2. The zero-order chi connectivity index (χ0) is 12.7. The van der Waals surface area contributed by atoms with Crippen LogP contribution in [0.1, 0.15) is 33.1 Å². The fourth-order valence-corrected chi connectivity index (χ4v) is 3.28. The Morgan fingerprint density at radius 2 is 1.71 bits per heavy atom. The first kappa shape index (κ1) is 14.0. The number of anilines is 1. The molecule has 0 aliphatic heterocycles. The van der Waals surface area contributed by atoms with Crippen LogP contribution in [0.15, 0.2) is 30.3 Å². The molecule has 0 bridgehead atoms. The van der Waals surface area contributed by atoms with Crippen LogP contribution in [-0.2, 0) is 10.0 Å². The van der Waals surface area contributed by atoms with Crippen LogP contribution in [0.25, 0.3) is 0 Å². The van der Waals surface area contributed by atoms with E-state index in [0.29, 0.717) is 13.0 Å². The van der Waals surface area contributed by atoms with Gasteiger partial charge >= 0.3 is 0 Å². The maximum atomic E-state index is 12.2. The lowest BCUT2D eigenvalue weighted by atomic mass is 10.3. The largest absolute Gasteiger partial charge is 0.270 e. The Hall–Kier alpha value is -1.03. The standard InChI is InChI=1S/C13H21NO2S/c1-3-5-11-14(17(15,16)12-4-2)13-9-7-6-8-10-13/h6-10H,3-5,11-12H2,1-2H3. The van der Waals surface area contributed by atoms with E-state index in [1.165, 1.54) is 0 Å². The first-order chi connectivity index (χ1) is 8.11. The summed E-state index contributed by atoms with van der Waals surface area (Å²) in [4.78, 5) is 0. The fourth-order valence-electron chi connectivity index (χ4n) is 1.69. The molecule has 0 aliphatic rings. The predicted octanol–water partition coefficient (Wildman–Crippen LogP) is 3.03. The van der Waals surface area contributed by atoms with Crippen LogP contribution in [0.4, 0.5) is 5.69 Å². The van der Waals surface area contributed by atoms with Gasteiger partial charge in [0.2, 0.25) is 10.0 Å². The lowest BCUT2D eigenvalue weighted by Gasteiger charge is -2.24. The third-order valence-corrected chi connectivity index (χ3v) is 4.55. The van der Waals surface area contributed by atoms with Gasteiger partial charge in [0.25, 0.3) is 0 Å². The van der Waals surface area contributed by atoms with Gasteiger partial charge in [-0.2, -0.15) is 0 Å². The van der Waals surface area contributed by atoms with Gasteiger partial charge in [0.05, 0.1) is 11.4 Å². The second kappa shape index (κ2) is 6.64. The van der Waals surface area contributed by atoms with E-state index in [0.717, 1.165) is 18.5 Å². The lowest BCUT2D eigenvalue weighted by Crippen LogP contribution is -2.33. The van der Waals surface area contributed by atoms with Crippen LogP contribution in [0.2, 0.25) is 0 Å². The first-order valence-electron chi connectivity index (χ1n) is 6.17. The van der Waals surface area contributed by atoms with Gasteiger partial charge in [-0.25, -0.2) is 8.42 Å². The van der Waals surface area contributed by atoms with Gasteiger partial charge in [0.15, 0.2) is 0 Å². The third-order valence-electron chi connectivity index (χ3n) is 2.56. The molecular formula is C13H21NO2S. The van der Waals surface area contributed by atoms with Gasteiger partial charge in [0, 0.05) is 6.54 Å². The highest BCUT2D eigenvalue weighted by atomic mass is 32.2. The van der Waals surface area contributed by atoms with Gasteiger partial charge in [-0.15, -0.1) is 0 Å². The van der Waals surface area contributed by atoms with E-state index < -0.39 is 10.0 Å². The molecule has 1 aromatic carbocycles. The van der Waals surface area contributed by atoms with Crippen molar-refractivity contribution in [3.05, 3.63) is 30.3 Å². The summed E-state index contributed by atoms with van der Waals surface area (Å²) in [6.45, 7) is 4.53. The minimum absolute atomic E-state index is 0.214. The van der Waals surface area contributed by atoms with Crippen LogP contribution in [0.3, 0.4) is 0 Å². The molecule has 0 spiro atoms. The molecule has 4 heteroatoms. The molecule has 0 aliphatic carbocycles. The molecule has 0 fully saturated rings.